The van der Waals surface area contributed by atoms with Gasteiger partial charge in [-0.1, -0.05) is 36.4 Å². The molecule has 2 rings (SSSR count). The SMILES string of the molecule is O=C(NC(C(=O)O)c1ccccc1)c1c(F)cccc1F. The second-order valence-electron chi connectivity index (χ2n) is 4.25. The zero-order chi connectivity index (χ0) is 15.4. The maximum atomic E-state index is 13.5. The molecule has 6 heteroatoms. The minimum absolute atomic E-state index is 0.301. The molecule has 0 aliphatic heterocycles. The Morgan fingerprint density at radius 1 is 0.952 bits per heavy atom. The van der Waals surface area contributed by atoms with Crippen LogP contribution in [0.4, 0.5) is 8.78 Å². The van der Waals surface area contributed by atoms with Gasteiger partial charge in [0.15, 0.2) is 6.04 Å². The molecule has 0 aliphatic rings. The van der Waals surface area contributed by atoms with Crippen LogP contribution in [0.5, 0.6) is 0 Å². The van der Waals surface area contributed by atoms with Crippen molar-refractivity contribution in [3.05, 3.63) is 71.3 Å². The first kappa shape index (κ1) is 14.6. The van der Waals surface area contributed by atoms with Crippen LogP contribution in [0, 0.1) is 11.6 Å². The smallest absolute Gasteiger partial charge is 0.330 e. The van der Waals surface area contributed by atoms with Crippen LogP contribution >= 0.6 is 0 Å². The molecule has 0 saturated carbocycles. The van der Waals surface area contributed by atoms with E-state index < -0.39 is 35.1 Å². The number of nitrogens with one attached hydrogen (secondary N) is 1. The van der Waals surface area contributed by atoms with Gasteiger partial charge in [-0.3, -0.25) is 4.79 Å². The average Bonchev–Trinajstić information content (AvgIpc) is 2.45. The van der Waals surface area contributed by atoms with E-state index in [1.165, 1.54) is 12.1 Å². The first-order valence-corrected chi connectivity index (χ1v) is 6.03. The van der Waals surface area contributed by atoms with Gasteiger partial charge in [0.1, 0.15) is 17.2 Å². The van der Waals surface area contributed by atoms with Crippen molar-refractivity contribution in [2.24, 2.45) is 0 Å². The fraction of sp³-hybridized carbons (Fsp3) is 0.0667. The Labute approximate surface area is 119 Å². The van der Waals surface area contributed by atoms with Crippen molar-refractivity contribution in [2.45, 2.75) is 6.04 Å². The first-order chi connectivity index (χ1) is 10.0. The van der Waals surface area contributed by atoms with Crippen molar-refractivity contribution < 1.29 is 23.5 Å². The van der Waals surface area contributed by atoms with Crippen molar-refractivity contribution >= 4 is 11.9 Å². The lowest BCUT2D eigenvalue weighted by Crippen LogP contribution is -2.34. The lowest BCUT2D eigenvalue weighted by molar-refractivity contribution is -0.139. The largest absolute Gasteiger partial charge is 0.479 e. The molecule has 4 nitrogen and oxygen atoms in total. The third-order valence-corrected chi connectivity index (χ3v) is 2.85. The Balaban J connectivity index is 2.30. The van der Waals surface area contributed by atoms with Gasteiger partial charge in [-0.15, -0.1) is 0 Å². The van der Waals surface area contributed by atoms with E-state index in [-0.39, 0.29) is 0 Å². The van der Waals surface area contributed by atoms with E-state index in [4.69, 9.17) is 5.11 Å². The quantitative estimate of drug-likeness (QED) is 0.909. The molecule has 0 radical (unpaired) electrons. The fourth-order valence-electron chi connectivity index (χ4n) is 1.85. The highest BCUT2D eigenvalue weighted by Gasteiger charge is 2.25. The van der Waals surface area contributed by atoms with Gasteiger partial charge in [0.2, 0.25) is 0 Å². The predicted molar refractivity (Wildman–Crippen MR) is 70.6 cm³/mol. The number of hydrogen-bond donors (Lipinski definition) is 2. The molecule has 1 atom stereocenters. The molecule has 0 aromatic heterocycles. The van der Waals surface area contributed by atoms with Crippen molar-refractivity contribution in [3.63, 3.8) is 0 Å². The van der Waals surface area contributed by atoms with Crippen LogP contribution in [-0.4, -0.2) is 17.0 Å². The first-order valence-electron chi connectivity index (χ1n) is 6.03. The molecule has 0 heterocycles. The van der Waals surface area contributed by atoms with Crippen LogP contribution in [0.3, 0.4) is 0 Å². The summed E-state index contributed by atoms with van der Waals surface area (Å²) in [6.07, 6.45) is 0. The lowest BCUT2D eigenvalue weighted by Gasteiger charge is -2.15. The van der Waals surface area contributed by atoms with Gasteiger partial charge < -0.3 is 10.4 Å². The maximum Gasteiger partial charge on any atom is 0.330 e. The molecule has 0 saturated heterocycles. The summed E-state index contributed by atoms with van der Waals surface area (Å²) in [5, 5.41) is 11.3. The zero-order valence-corrected chi connectivity index (χ0v) is 10.7. The Morgan fingerprint density at radius 3 is 2.05 bits per heavy atom. The molecular formula is C15H11F2NO3. The number of amides is 1. The number of benzene rings is 2. The van der Waals surface area contributed by atoms with E-state index in [2.05, 4.69) is 5.32 Å². The Kier molecular flexibility index (Phi) is 4.27. The lowest BCUT2D eigenvalue weighted by atomic mass is 10.1. The van der Waals surface area contributed by atoms with E-state index in [0.717, 1.165) is 18.2 Å². The summed E-state index contributed by atoms with van der Waals surface area (Å²) in [5.74, 6) is -4.55. The molecule has 21 heavy (non-hydrogen) atoms. The van der Waals surface area contributed by atoms with Gasteiger partial charge in [0, 0.05) is 0 Å². The van der Waals surface area contributed by atoms with Gasteiger partial charge in [-0.2, -0.15) is 0 Å². The average molecular weight is 291 g/mol. The Morgan fingerprint density at radius 2 is 1.52 bits per heavy atom. The van der Waals surface area contributed by atoms with Gasteiger partial charge >= 0.3 is 5.97 Å². The number of carbonyl (C=O) groups is 2. The fourth-order valence-corrected chi connectivity index (χ4v) is 1.85. The van der Waals surface area contributed by atoms with Crippen LogP contribution in [0.2, 0.25) is 0 Å². The number of hydrogen-bond acceptors (Lipinski definition) is 2. The molecule has 1 unspecified atom stereocenters. The van der Waals surface area contributed by atoms with Crippen molar-refractivity contribution in [1.82, 2.24) is 5.32 Å². The van der Waals surface area contributed by atoms with E-state index in [9.17, 15) is 18.4 Å². The molecule has 2 aromatic rings. The summed E-state index contributed by atoms with van der Waals surface area (Å²) in [6.45, 7) is 0. The number of rotatable bonds is 4. The van der Waals surface area contributed by atoms with Gasteiger partial charge in [-0.25, -0.2) is 13.6 Å². The second-order valence-corrected chi connectivity index (χ2v) is 4.25. The van der Waals surface area contributed by atoms with Gasteiger partial charge in [-0.05, 0) is 17.7 Å². The highest BCUT2D eigenvalue weighted by atomic mass is 19.1. The normalized spacial score (nSPS) is 11.7. The van der Waals surface area contributed by atoms with Crippen molar-refractivity contribution in [2.75, 3.05) is 0 Å². The molecule has 1 amide bonds. The summed E-state index contributed by atoms with van der Waals surface area (Å²) >= 11 is 0. The Hall–Kier alpha value is -2.76. The van der Waals surface area contributed by atoms with Gasteiger partial charge in [0.25, 0.3) is 5.91 Å². The second kappa shape index (κ2) is 6.13. The van der Waals surface area contributed by atoms with E-state index in [1.807, 2.05) is 0 Å². The third-order valence-electron chi connectivity index (χ3n) is 2.85. The van der Waals surface area contributed by atoms with E-state index in [1.54, 1.807) is 18.2 Å². The minimum atomic E-state index is -1.39. The number of carboxylic acid groups (broad SMARTS) is 1. The zero-order valence-electron chi connectivity index (χ0n) is 10.7. The van der Waals surface area contributed by atoms with Crippen LogP contribution < -0.4 is 5.32 Å². The standard InChI is InChI=1S/C15H11F2NO3/c16-10-7-4-8-11(17)12(10)14(19)18-13(15(20)21)9-5-2-1-3-6-9/h1-8,13H,(H,18,19)(H,20,21). The molecule has 2 aromatic carbocycles. The molecule has 0 spiro atoms. The summed E-state index contributed by atoms with van der Waals surface area (Å²) in [7, 11) is 0. The van der Waals surface area contributed by atoms with E-state index >= 15 is 0 Å². The summed E-state index contributed by atoms with van der Waals surface area (Å²) in [5.41, 5.74) is -0.505. The molecule has 0 fully saturated rings. The summed E-state index contributed by atoms with van der Waals surface area (Å²) in [4.78, 5) is 23.2. The number of halogens is 2. The molecular weight excluding hydrogens is 280 g/mol. The molecule has 0 bridgehead atoms. The summed E-state index contributed by atoms with van der Waals surface area (Å²) in [6, 6.07) is 9.45. The van der Waals surface area contributed by atoms with Crippen molar-refractivity contribution in [3.8, 4) is 0 Å². The highest BCUT2D eigenvalue weighted by Crippen LogP contribution is 2.16. The maximum absolute atomic E-state index is 13.5. The van der Waals surface area contributed by atoms with E-state index in [0.29, 0.717) is 5.56 Å². The predicted octanol–water partition coefficient (Wildman–Crippen LogP) is 2.52. The third kappa shape index (κ3) is 3.22. The molecule has 0 aliphatic carbocycles. The highest BCUT2D eigenvalue weighted by molar-refractivity contribution is 5.97. The van der Waals surface area contributed by atoms with Crippen LogP contribution in [0.25, 0.3) is 0 Å². The Bertz CT molecular complexity index is 654. The van der Waals surface area contributed by atoms with Gasteiger partial charge in [0.05, 0.1) is 0 Å². The molecule has 108 valence electrons. The number of carbonyl (C=O) groups excluding carboxylic acids is 1. The van der Waals surface area contributed by atoms with Crippen LogP contribution in [0.1, 0.15) is 22.0 Å². The topological polar surface area (TPSA) is 66.4 Å². The van der Waals surface area contributed by atoms with Crippen LogP contribution in [0.15, 0.2) is 48.5 Å². The number of carboxylic acids is 1. The monoisotopic (exact) mass is 291 g/mol. The molecule has 2 N–H and O–H groups in total. The van der Waals surface area contributed by atoms with Crippen LogP contribution in [-0.2, 0) is 4.79 Å². The number of aliphatic carboxylic acids is 1. The van der Waals surface area contributed by atoms with Crippen molar-refractivity contribution in [1.29, 1.82) is 0 Å². The minimum Gasteiger partial charge on any atom is -0.479 e. The summed E-state index contributed by atoms with van der Waals surface area (Å²) < 4.78 is 27.0.